The van der Waals surface area contributed by atoms with Gasteiger partial charge >= 0.3 is 6.09 Å². The lowest BCUT2D eigenvalue weighted by Crippen LogP contribution is -2.40. The summed E-state index contributed by atoms with van der Waals surface area (Å²) in [4.78, 5) is 41.7. The number of imidazole rings is 2. The number of carbonyl (C=O) groups is 2. The fraction of sp³-hybridized carbons (Fsp3) is 0.394. The van der Waals surface area contributed by atoms with Gasteiger partial charge in [0.1, 0.15) is 12.4 Å². The highest BCUT2D eigenvalue weighted by molar-refractivity contribution is 5.83. The maximum absolute atomic E-state index is 12.8. The molecule has 7 rings (SSSR count). The van der Waals surface area contributed by atoms with Gasteiger partial charge in [-0.3, -0.25) is 4.79 Å². The first-order valence-corrected chi connectivity index (χ1v) is 15.0. The maximum Gasteiger partial charge on any atom is 0.407 e. The first-order valence-electron chi connectivity index (χ1n) is 15.0. The molecule has 1 spiro atoms. The number of carbonyl (C=O) groups excluding carboxylic acids is 2. The van der Waals surface area contributed by atoms with E-state index in [0.717, 1.165) is 42.0 Å². The van der Waals surface area contributed by atoms with Gasteiger partial charge < -0.3 is 24.9 Å². The fourth-order valence-corrected chi connectivity index (χ4v) is 7.60. The Hall–Kier alpha value is -4.40. The fourth-order valence-electron chi connectivity index (χ4n) is 7.60. The minimum Gasteiger partial charge on any atom is -0.453 e. The molecule has 1 unspecified atom stereocenters. The molecule has 2 aromatic heterocycles. The number of rotatable bonds is 6. The highest BCUT2D eigenvalue weighted by atomic mass is 16.5. The van der Waals surface area contributed by atoms with Crippen molar-refractivity contribution in [3.8, 4) is 33.6 Å². The van der Waals surface area contributed by atoms with Gasteiger partial charge in [0.05, 0.1) is 43.3 Å². The Morgan fingerprint density at radius 3 is 2.55 bits per heavy atom. The summed E-state index contributed by atoms with van der Waals surface area (Å²) in [7, 11) is 1.28. The molecule has 2 aromatic carbocycles. The molecule has 3 heterocycles. The lowest BCUT2D eigenvalue weighted by atomic mass is 9.76. The van der Waals surface area contributed by atoms with Crippen molar-refractivity contribution >= 4 is 12.0 Å². The third-order valence-electron chi connectivity index (χ3n) is 9.61. The summed E-state index contributed by atoms with van der Waals surface area (Å²) in [6, 6.07) is 13.2. The SMILES string of the molecule is COC(=O)NCC(=O)N1CCCC1c1ncc(-c2ccc(-c3ccc(-c4cnc[nH]4)c4c3C3(CCCC3)CC4)cc2)[nH]1. The molecule has 2 fully saturated rings. The number of likely N-dealkylation sites (tertiary alicyclic amines) is 1. The molecule has 2 aliphatic carbocycles. The third-order valence-corrected chi connectivity index (χ3v) is 9.61. The van der Waals surface area contributed by atoms with E-state index in [4.69, 9.17) is 0 Å². The molecule has 2 amide bonds. The normalized spacial score (nSPS) is 18.9. The zero-order chi connectivity index (χ0) is 28.7. The van der Waals surface area contributed by atoms with E-state index in [0.29, 0.717) is 6.54 Å². The zero-order valence-electron chi connectivity index (χ0n) is 23.9. The number of hydrogen-bond acceptors (Lipinski definition) is 5. The van der Waals surface area contributed by atoms with Crippen LogP contribution in [-0.2, 0) is 21.4 Å². The average Bonchev–Trinajstić information content (AvgIpc) is 3.86. The average molecular weight is 565 g/mol. The zero-order valence-corrected chi connectivity index (χ0v) is 23.9. The van der Waals surface area contributed by atoms with E-state index in [9.17, 15) is 9.59 Å². The van der Waals surface area contributed by atoms with Gasteiger partial charge in [0.25, 0.3) is 0 Å². The van der Waals surface area contributed by atoms with Crippen molar-refractivity contribution in [2.45, 2.75) is 62.8 Å². The van der Waals surface area contributed by atoms with Gasteiger partial charge in [-0.05, 0) is 71.8 Å². The maximum atomic E-state index is 12.8. The standard InChI is InChI=1S/C33H36N6O3/c1-42-32(41)36-19-29(40)39-16-4-5-28(39)31-35-18-26(38-31)22-8-6-21(7-9-22)23-10-11-24(27-17-34-20-37-27)25-12-15-33(30(23)25)13-2-3-14-33/h6-11,17-18,20,28H,2-5,12-16,19H2,1H3,(H,34,37)(H,35,38)(H,36,41). The molecule has 4 aromatic rings. The number of fused-ring (bicyclic) bond motifs is 2. The van der Waals surface area contributed by atoms with E-state index in [1.807, 2.05) is 12.4 Å². The first kappa shape index (κ1) is 26.5. The van der Waals surface area contributed by atoms with Crippen molar-refractivity contribution in [3.63, 3.8) is 0 Å². The Bertz CT molecular complexity index is 1600. The Balaban J connectivity index is 1.15. The number of benzene rings is 2. The molecule has 1 aliphatic heterocycles. The highest BCUT2D eigenvalue weighted by Gasteiger charge is 2.43. The lowest BCUT2D eigenvalue weighted by Gasteiger charge is -2.28. The predicted octanol–water partition coefficient (Wildman–Crippen LogP) is 5.91. The molecule has 9 heteroatoms. The molecule has 1 saturated carbocycles. The largest absolute Gasteiger partial charge is 0.453 e. The van der Waals surface area contributed by atoms with Crippen molar-refractivity contribution in [3.05, 3.63) is 72.1 Å². The second-order valence-corrected chi connectivity index (χ2v) is 11.8. The van der Waals surface area contributed by atoms with Crippen LogP contribution in [0.15, 0.2) is 55.1 Å². The van der Waals surface area contributed by atoms with Gasteiger partial charge in [0.15, 0.2) is 0 Å². The van der Waals surface area contributed by atoms with E-state index < -0.39 is 6.09 Å². The lowest BCUT2D eigenvalue weighted by molar-refractivity contribution is -0.131. The van der Waals surface area contributed by atoms with E-state index in [1.165, 1.54) is 61.5 Å². The monoisotopic (exact) mass is 564 g/mol. The van der Waals surface area contributed by atoms with Crippen LogP contribution in [0.3, 0.4) is 0 Å². The van der Waals surface area contributed by atoms with Gasteiger partial charge in [0, 0.05) is 12.1 Å². The van der Waals surface area contributed by atoms with Gasteiger partial charge in [-0.25, -0.2) is 14.8 Å². The molecule has 1 saturated heterocycles. The summed E-state index contributed by atoms with van der Waals surface area (Å²) >= 11 is 0. The number of nitrogens with zero attached hydrogens (tertiary/aromatic N) is 3. The van der Waals surface area contributed by atoms with Crippen LogP contribution in [0, 0.1) is 0 Å². The summed E-state index contributed by atoms with van der Waals surface area (Å²) < 4.78 is 4.59. The number of amides is 2. The van der Waals surface area contributed by atoms with Crippen LogP contribution in [0.4, 0.5) is 4.79 Å². The number of aromatic nitrogens is 4. The second-order valence-electron chi connectivity index (χ2n) is 11.8. The van der Waals surface area contributed by atoms with Crippen LogP contribution in [0.1, 0.15) is 67.9 Å². The van der Waals surface area contributed by atoms with Crippen LogP contribution in [0.5, 0.6) is 0 Å². The molecule has 216 valence electrons. The Kier molecular flexibility index (Phi) is 6.80. The highest BCUT2D eigenvalue weighted by Crippen LogP contribution is 2.55. The first-order chi connectivity index (χ1) is 20.6. The smallest absolute Gasteiger partial charge is 0.407 e. The molecule has 0 radical (unpaired) electrons. The number of aromatic amines is 2. The van der Waals surface area contributed by atoms with Gasteiger partial charge in [-0.1, -0.05) is 49.2 Å². The van der Waals surface area contributed by atoms with Crippen molar-refractivity contribution in [1.29, 1.82) is 0 Å². The molecular weight excluding hydrogens is 528 g/mol. The van der Waals surface area contributed by atoms with Crippen LogP contribution >= 0.6 is 0 Å². The van der Waals surface area contributed by atoms with E-state index in [-0.39, 0.29) is 23.9 Å². The molecule has 3 aliphatic rings. The van der Waals surface area contributed by atoms with Crippen LogP contribution in [-0.4, -0.2) is 57.0 Å². The van der Waals surface area contributed by atoms with E-state index >= 15 is 0 Å². The van der Waals surface area contributed by atoms with E-state index in [1.54, 1.807) is 16.8 Å². The minimum absolute atomic E-state index is 0.0912. The van der Waals surface area contributed by atoms with Crippen LogP contribution < -0.4 is 5.32 Å². The van der Waals surface area contributed by atoms with E-state index in [2.05, 4.69) is 66.4 Å². The predicted molar refractivity (Wildman–Crippen MR) is 160 cm³/mol. The number of ether oxygens (including phenoxy) is 1. The molecule has 9 nitrogen and oxygen atoms in total. The van der Waals surface area contributed by atoms with Crippen molar-refractivity contribution in [2.75, 3.05) is 20.2 Å². The Morgan fingerprint density at radius 1 is 1.00 bits per heavy atom. The second kappa shape index (κ2) is 10.8. The summed E-state index contributed by atoms with van der Waals surface area (Å²) in [5, 5.41) is 2.48. The van der Waals surface area contributed by atoms with Crippen molar-refractivity contribution < 1.29 is 14.3 Å². The number of methoxy groups -OCH3 is 1. The number of hydrogen-bond donors (Lipinski definition) is 3. The molecule has 0 bridgehead atoms. The Morgan fingerprint density at radius 2 is 1.79 bits per heavy atom. The summed E-state index contributed by atoms with van der Waals surface area (Å²) in [5.41, 5.74) is 10.3. The molecule has 3 N–H and O–H groups in total. The van der Waals surface area contributed by atoms with Gasteiger partial charge in [-0.2, -0.15) is 0 Å². The van der Waals surface area contributed by atoms with Crippen molar-refractivity contribution in [2.24, 2.45) is 0 Å². The quantitative estimate of drug-likeness (QED) is 0.269. The summed E-state index contributed by atoms with van der Waals surface area (Å²) in [5.74, 6) is 0.629. The molecular formula is C33H36N6O3. The molecule has 42 heavy (non-hydrogen) atoms. The Labute approximate surface area is 245 Å². The molecule has 1 atom stereocenters. The topological polar surface area (TPSA) is 116 Å². The minimum atomic E-state index is -0.611. The van der Waals surface area contributed by atoms with Crippen LogP contribution in [0.2, 0.25) is 0 Å². The number of nitrogens with one attached hydrogen (secondary N) is 3. The summed E-state index contributed by atoms with van der Waals surface area (Å²) in [6.45, 7) is 0.550. The number of alkyl carbamates (subject to hydrolysis) is 1. The summed E-state index contributed by atoms with van der Waals surface area (Å²) in [6.07, 6.45) is 14.2. The van der Waals surface area contributed by atoms with Crippen LogP contribution in [0.25, 0.3) is 33.6 Å². The number of H-pyrrole nitrogens is 2. The van der Waals surface area contributed by atoms with Gasteiger partial charge in [0.2, 0.25) is 5.91 Å². The third kappa shape index (κ3) is 4.57. The van der Waals surface area contributed by atoms with Gasteiger partial charge in [-0.15, -0.1) is 0 Å². The van der Waals surface area contributed by atoms with Crippen molar-refractivity contribution in [1.82, 2.24) is 30.2 Å².